The Hall–Kier alpha value is -1.89. The molecule has 1 aromatic heterocycles. The summed E-state index contributed by atoms with van der Waals surface area (Å²) in [6.45, 7) is 9.66. The minimum atomic E-state index is -0.696. The second-order valence-corrected chi connectivity index (χ2v) is 6.39. The van der Waals surface area contributed by atoms with Crippen LogP contribution >= 0.6 is 0 Å². The molecule has 0 saturated carbocycles. The second kappa shape index (κ2) is 7.59. The molecule has 1 fully saturated rings. The van der Waals surface area contributed by atoms with Crippen molar-refractivity contribution in [2.45, 2.75) is 32.7 Å². The average Bonchev–Trinajstić information content (AvgIpc) is 2.96. The predicted octanol–water partition coefficient (Wildman–Crippen LogP) is 0.289. The summed E-state index contributed by atoms with van der Waals surface area (Å²) in [7, 11) is 0. The first-order valence-corrected chi connectivity index (χ1v) is 8.23. The van der Waals surface area contributed by atoms with E-state index < -0.39 is 5.54 Å². The highest BCUT2D eigenvalue weighted by atomic mass is 16.2. The van der Waals surface area contributed by atoms with Crippen molar-refractivity contribution in [3.63, 3.8) is 0 Å². The molecule has 128 valence electrons. The van der Waals surface area contributed by atoms with Crippen LogP contribution in [0.4, 0.5) is 0 Å². The van der Waals surface area contributed by atoms with Gasteiger partial charge in [0.05, 0.1) is 6.54 Å². The molecule has 1 aromatic rings. The summed E-state index contributed by atoms with van der Waals surface area (Å²) in [4.78, 5) is 28.6. The molecule has 23 heavy (non-hydrogen) atoms. The molecule has 0 radical (unpaired) electrons. The molecule has 2 amide bonds. The van der Waals surface area contributed by atoms with Crippen LogP contribution in [-0.2, 0) is 15.1 Å². The first-order valence-electron chi connectivity index (χ1n) is 8.23. The molecule has 0 unspecified atom stereocenters. The van der Waals surface area contributed by atoms with E-state index in [0.29, 0.717) is 19.6 Å². The van der Waals surface area contributed by atoms with E-state index in [1.807, 2.05) is 37.9 Å². The minimum absolute atomic E-state index is 0.0455. The number of nitrogens with one attached hydrogen (secondary N) is 1. The lowest BCUT2D eigenvalue weighted by Crippen LogP contribution is -2.48. The minimum Gasteiger partial charge on any atom is -0.355 e. The van der Waals surface area contributed by atoms with Crippen molar-refractivity contribution in [1.29, 1.82) is 0 Å². The number of hydrogen-bond acceptors (Lipinski definition) is 4. The number of carbonyl (C=O) groups excluding carboxylic acids is 2. The summed E-state index contributed by atoms with van der Waals surface area (Å²) in [5, 5.41) is 7.03. The number of carbonyl (C=O) groups is 2. The van der Waals surface area contributed by atoms with E-state index in [2.05, 4.69) is 15.3 Å². The molecule has 7 heteroatoms. The van der Waals surface area contributed by atoms with Crippen LogP contribution in [0.15, 0.2) is 18.5 Å². The van der Waals surface area contributed by atoms with Crippen molar-refractivity contribution in [3.8, 4) is 0 Å². The van der Waals surface area contributed by atoms with E-state index in [-0.39, 0.29) is 11.8 Å². The zero-order chi connectivity index (χ0) is 16.9. The Bertz CT molecular complexity index is 527. The second-order valence-electron chi connectivity index (χ2n) is 6.39. The molecule has 1 aliphatic rings. The fraction of sp³-hybridized carbons (Fsp3) is 0.688. The Morgan fingerprint density at radius 3 is 2.65 bits per heavy atom. The van der Waals surface area contributed by atoms with Gasteiger partial charge in [0.25, 0.3) is 0 Å². The molecular weight excluding hydrogens is 294 g/mol. The SMILES string of the molecule is CCNC(=O)CN1CCCN(C(=O)C(C)(C)n2cccn2)CC1. The van der Waals surface area contributed by atoms with Crippen LogP contribution in [0, 0.1) is 0 Å². The highest BCUT2D eigenvalue weighted by Gasteiger charge is 2.35. The van der Waals surface area contributed by atoms with Gasteiger partial charge in [0.2, 0.25) is 11.8 Å². The van der Waals surface area contributed by atoms with Gasteiger partial charge in [0.1, 0.15) is 5.54 Å². The van der Waals surface area contributed by atoms with E-state index in [9.17, 15) is 9.59 Å². The molecule has 0 bridgehead atoms. The van der Waals surface area contributed by atoms with Crippen molar-refractivity contribution in [2.75, 3.05) is 39.3 Å². The van der Waals surface area contributed by atoms with Crippen molar-refractivity contribution in [1.82, 2.24) is 24.9 Å². The predicted molar refractivity (Wildman–Crippen MR) is 87.9 cm³/mol. The van der Waals surface area contributed by atoms with Gasteiger partial charge >= 0.3 is 0 Å². The first-order chi connectivity index (χ1) is 10.9. The third-order valence-electron chi connectivity index (χ3n) is 4.22. The molecular formula is C16H27N5O2. The zero-order valence-electron chi connectivity index (χ0n) is 14.3. The van der Waals surface area contributed by atoms with Gasteiger partial charge in [-0.1, -0.05) is 0 Å². The number of hydrogen-bond donors (Lipinski definition) is 1. The van der Waals surface area contributed by atoms with E-state index >= 15 is 0 Å². The smallest absolute Gasteiger partial charge is 0.250 e. The fourth-order valence-corrected chi connectivity index (χ4v) is 2.87. The molecule has 1 aliphatic heterocycles. The Kier molecular flexibility index (Phi) is 5.76. The molecule has 7 nitrogen and oxygen atoms in total. The Labute approximate surface area is 137 Å². The van der Waals surface area contributed by atoms with Gasteiger partial charge in [0.15, 0.2) is 0 Å². The highest BCUT2D eigenvalue weighted by molar-refractivity contribution is 5.83. The number of rotatable bonds is 5. The van der Waals surface area contributed by atoms with Gasteiger partial charge in [-0.15, -0.1) is 0 Å². The third kappa shape index (κ3) is 4.31. The van der Waals surface area contributed by atoms with Gasteiger partial charge in [0, 0.05) is 45.1 Å². The summed E-state index contributed by atoms with van der Waals surface area (Å²) in [5.74, 6) is 0.116. The van der Waals surface area contributed by atoms with Crippen molar-refractivity contribution < 1.29 is 9.59 Å². The quantitative estimate of drug-likeness (QED) is 0.846. The van der Waals surface area contributed by atoms with Crippen LogP contribution in [0.5, 0.6) is 0 Å². The van der Waals surface area contributed by atoms with E-state index in [0.717, 1.165) is 26.1 Å². The van der Waals surface area contributed by atoms with Crippen LogP contribution in [0.1, 0.15) is 27.2 Å². The lowest BCUT2D eigenvalue weighted by atomic mass is 10.0. The summed E-state index contributed by atoms with van der Waals surface area (Å²) < 4.78 is 1.70. The van der Waals surface area contributed by atoms with Crippen molar-refractivity contribution in [2.24, 2.45) is 0 Å². The van der Waals surface area contributed by atoms with Crippen LogP contribution in [0.2, 0.25) is 0 Å². The maximum atomic E-state index is 12.9. The number of aromatic nitrogens is 2. The summed E-state index contributed by atoms with van der Waals surface area (Å²) in [6.07, 6.45) is 4.38. The standard InChI is InChI=1S/C16H27N5O2/c1-4-17-14(22)13-19-8-6-9-20(12-11-19)15(23)16(2,3)21-10-5-7-18-21/h5,7,10H,4,6,8-9,11-13H2,1-3H3,(H,17,22). The van der Waals surface area contributed by atoms with Gasteiger partial charge < -0.3 is 10.2 Å². The Balaban J connectivity index is 1.95. The lowest BCUT2D eigenvalue weighted by molar-refractivity contribution is -0.139. The molecule has 2 heterocycles. The van der Waals surface area contributed by atoms with Crippen molar-refractivity contribution >= 4 is 11.8 Å². The van der Waals surface area contributed by atoms with Gasteiger partial charge in [-0.05, 0) is 33.3 Å². The van der Waals surface area contributed by atoms with Gasteiger partial charge in [-0.2, -0.15) is 5.10 Å². The summed E-state index contributed by atoms with van der Waals surface area (Å²) >= 11 is 0. The van der Waals surface area contributed by atoms with E-state index in [1.165, 1.54) is 0 Å². The third-order valence-corrected chi connectivity index (χ3v) is 4.22. The normalized spacial score (nSPS) is 16.9. The molecule has 1 N–H and O–H groups in total. The van der Waals surface area contributed by atoms with Crippen LogP contribution in [0.3, 0.4) is 0 Å². The van der Waals surface area contributed by atoms with Crippen LogP contribution in [-0.4, -0.2) is 70.7 Å². The largest absolute Gasteiger partial charge is 0.355 e. The molecule has 0 aromatic carbocycles. The summed E-state index contributed by atoms with van der Waals surface area (Å²) in [5.41, 5.74) is -0.696. The number of nitrogens with zero attached hydrogens (tertiary/aromatic N) is 4. The van der Waals surface area contributed by atoms with Crippen LogP contribution in [0.25, 0.3) is 0 Å². The number of likely N-dealkylation sites (N-methyl/N-ethyl adjacent to an activating group) is 1. The zero-order valence-corrected chi connectivity index (χ0v) is 14.3. The highest BCUT2D eigenvalue weighted by Crippen LogP contribution is 2.18. The van der Waals surface area contributed by atoms with E-state index in [4.69, 9.17) is 0 Å². The molecule has 2 rings (SSSR count). The maximum Gasteiger partial charge on any atom is 0.250 e. The Morgan fingerprint density at radius 1 is 1.22 bits per heavy atom. The first kappa shape index (κ1) is 17.5. The average molecular weight is 321 g/mol. The Morgan fingerprint density at radius 2 is 2.00 bits per heavy atom. The molecule has 0 aliphatic carbocycles. The fourth-order valence-electron chi connectivity index (χ4n) is 2.87. The lowest BCUT2D eigenvalue weighted by Gasteiger charge is -2.31. The maximum absolute atomic E-state index is 12.9. The van der Waals surface area contributed by atoms with Crippen LogP contribution < -0.4 is 5.32 Å². The number of amides is 2. The van der Waals surface area contributed by atoms with Gasteiger partial charge in [-0.3, -0.25) is 19.2 Å². The monoisotopic (exact) mass is 321 g/mol. The molecule has 0 atom stereocenters. The van der Waals surface area contributed by atoms with E-state index in [1.54, 1.807) is 10.9 Å². The molecule has 1 saturated heterocycles. The topological polar surface area (TPSA) is 70.5 Å². The van der Waals surface area contributed by atoms with Gasteiger partial charge in [-0.25, -0.2) is 0 Å². The van der Waals surface area contributed by atoms with Crippen molar-refractivity contribution in [3.05, 3.63) is 18.5 Å². The summed E-state index contributed by atoms with van der Waals surface area (Å²) in [6, 6.07) is 1.82. The molecule has 0 spiro atoms.